The number of ether oxygens (including phenoxy) is 2. The van der Waals surface area contributed by atoms with Crippen LogP contribution in [-0.2, 0) is 61.1 Å². The van der Waals surface area contributed by atoms with E-state index < -0.39 is 10.9 Å². The molecule has 106 heavy (non-hydrogen) atoms. The van der Waals surface area contributed by atoms with Crippen molar-refractivity contribution in [2.45, 2.75) is 86.5 Å². The molecule has 3 nitrogen and oxygen atoms in total. The summed E-state index contributed by atoms with van der Waals surface area (Å²) in [6, 6.07) is 115. The maximum atomic E-state index is 13.2. The summed E-state index contributed by atoms with van der Waals surface area (Å²) in [5.74, 6) is 0.227. The molecule has 3 atom stereocenters. The quantitative estimate of drug-likeness (QED) is 0.0821. The molecule has 14 heteroatoms. The van der Waals surface area contributed by atoms with Crippen LogP contribution >= 0.6 is 0 Å². The maximum Gasteiger partial charge on any atom is 0.203 e. The second-order valence-corrected chi connectivity index (χ2v) is 33.8. The standard InChI is InChI=1S/C19H17O2S.C19H17OS.C18H12F3S.C18H13F2S.C18H14FS/c20-13-14-9-11-15(12-10-14)22-18-7-3-1-5-16(18)21-17-6-2-4-8-19(17)22;1-20-16-12-14-19(15-13-16)21(17-8-4-2-5-9-17)18-10-6-3-7-11-18;19-13-1-7-16(8-2-13)22(17-9-3-14(20)4-10-17)18-11-5-15(21)6-12-18;19-14-6-10-17(11-7-14)21(16-4-2-1-3-5-16)18-12-8-15(20)9-13-18;19-15-11-13-18(14-12-15)20(16-7-3-1-4-8-16)17-9-5-2-6-10-17/h1-12,16,18,20H,13H2;2-15H,1H3;1-12H;1-13H;1-14H/q5*+1. The monoisotopic (exact) mass is 1500 g/mol. The summed E-state index contributed by atoms with van der Waals surface area (Å²) in [5, 5.41) is 9.58. The number of hydrogen-bond donors (Lipinski definition) is 1. The molecule has 1 heterocycles. The second-order valence-electron chi connectivity index (χ2n) is 23.6. The van der Waals surface area contributed by atoms with Gasteiger partial charge < -0.3 is 14.6 Å². The van der Waals surface area contributed by atoms with E-state index in [9.17, 15) is 31.4 Å². The molecule has 14 aromatic rings. The Morgan fingerprint density at radius 2 is 0.557 bits per heavy atom. The average Bonchev–Trinajstić information content (AvgIpc) is 0.711. The van der Waals surface area contributed by atoms with E-state index >= 15 is 0 Å². The Morgan fingerprint density at radius 1 is 0.302 bits per heavy atom. The van der Waals surface area contributed by atoms with Crippen molar-refractivity contribution in [3.05, 3.63) is 435 Å². The Balaban J connectivity index is 0.000000124. The largest absolute Gasteiger partial charge is 0.497 e. The molecule has 0 amide bonds. The smallest absolute Gasteiger partial charge is 0.203 e. The van der Waals surface area contributed by atoms with Crippen molar-refractivity contribution in [1.82, 2.24) is 0 Å². The molecule has 0 saturated carbocycles. The zero-order valence-electron chi connectivity index (χ0n) is 57.5. The van der Waals surface area contributed by atoms with Crippen molar-refractivity contribution in [2.75, 3.05) is 7.11 Å². The first-order valence-corrected chi connectivity index (χ1v) is 40.1. The van der Waals surface area contributed by atoms with Crippen LogP contribution in [0, 0.1) is 34.9 Å². The average molecular weight is 1500 g/mol. The lowest BCUT2D eigenvalue weighted by molar-refractivity contribution is 0.242. The van der Waals surface area contributed by atoms with Gasteiger partial charge in [0.25, 0.3) is 0 Å². The third kappa shape index (κ3) is 20.1. The molecule has 2 aliphatic rings. The summed E-state index contributed by atoms with van der Waals surface area (Å²) in [6.45, 7) is 0.0858. The van der Waals surface area contributed by atoms with Gasteiger partial charge in [-0.15, -0.1) is 0 Å². The zero-order valence-corrected chi connectivity index (χ0v) is 61.5. The van der Waals surface area contributed by atoms with Gasteiger partial charge in [0.15, 0.2) is 80.7 Å². The molecule has 0 radical (unpaired) electrons. The Labute approximate surface area is 630 Å². The summed E-state index contributed by atoms with van der Waals surface area (Å²) in [7, 11) is 0.469. The highest BCUT2D eigenvalue weighted by Crippen LogP contribution is 2.43. The highest BCUT2D eigenvalue weighted by molar-refractivity contribution is 7.98. The van der Waals surface area contributed by atoms with Crippen molar-refractivity contribution >= 4 is 54.5 Å². The van der Waals surface area contributed by atoms with Crippen molar-refractivity contribution in [3.8, 4) is 11.5 Å². The van der Waals surface area contributed by atoms with Crippen LogP contribution in [0.4, 0.5) is 26.3 Å². The molecule has 1 aliphatic heterocycles. The minimum absolute atomic E-state index is 0.0544. The topological polar surface area (TPSA) is 38.7 Å². The number of para-hydroxylation sites is 1. The summed E-state index contributed by atoms with van der Waals surface area (Å²) >= 11 is 0. The number of fused-ring (bicyclic) bond motifs is 2. The normalized spacial score (nSPS) is 13.8. The molecule has 0 bridgehead atoms. The Kier molecular flexibility index (Phi) is 26.9. The highest BCUT2D eigenvalue weighted by atomic mass is 32.2. The van der Waals surface area contributed by atoms with Crippen LogP contribution in [0.15, 0.2) is 463 Å². The van der Waals surface area contributed by atoms with Crippen LogP contribution in [0.1, 0.15) is 5.56 Å². The van der Waals surface area contributed by atoms with Crippen LogP contribution < -0.4 is 9.47 Å². The highest BCUT2D eigenvalue weighted by Gasteiger charge is 2.46. The molecule has 16 rings (SSSR count). The molecule has 14 aromatic carbocycles. The molecule has 0 aromatic heterocycles. The fraction of sp³-hybridized carbons (Fsp3) is 0.0435. The van der Waals surface area contributed by atoms with Crippen molar-refractivity contribution in [3.63, 3.8) is 0 Å². The number of aliphatic hydroxyl groups excluding tert-OH is 1. The molecule has 3 unspecified atom stereocenters. The molecule has 1 aliphatic carbocycles. The minimum Gasteiger partial charge on any atom is -0.497 e. The van der Waals surface area contributed by atoms with E-state index in [4.69, 9.17) is 9.47 Å². The SMILES string of the molecule is COc1ccc([S+](c2ccccc2)c2ccccc2)cc1.Fc1ccc([S+](c2ccc(F)cc2)c2ccc(F)cc2)cc1.Fc1ccc([S+](c2ccccc2)c2ccc(F)cc2)cc1.Fc1ccc([S+](c2ccccc2)c2ccccc2)cc1.OCc1ccc([S+]2c3ccccc3OC3C=CC=CC32)cc1. The predicted molar refractivity (Wildman–Crippen MR) is 421 cm³/mol. The van der Waals surface area contributed by atoms with E-state index in [1.807, 2.05) is 109 Å². The maximum absolute atomic E-state index is 13.2. The second kappa shape index (κ2) is 37.9. The number of allylic oxidation sites excluding steroid dienone is 2. The summed E-state index contributed by atoms with van der Waals surface area (Å²) in [6.07, 6.45) is 8.67. The van der Waals surface area contributed by atoms with Gasteiger partial charge in [-0.05, 0) is 273 Å². The first-order valence-electron chi connectivity index (χ1n) is 33.9. The van der Waals surface area contributed by atoms with Gasteiger partial charge in [0, 0.05) is 0 Å². The third-order valence-corrected chi connectivity index (χ3v) is 28.0. The van der Waals surface area contributed by atoms with Crippen LogP contribution in [0.3, 0.4) is 0 Å². The van der Waals surface area contributed by atoms with E-state index in [0.717, 1.165) is 51.3 Å². The Morgan fingerprint density at radius 3 is 0.840 bits per heavy atom. The van der Waals surface area contributed by atoms with Gasteiger partial charge >= 0.3 is 0 Å². The molecular weight excluding hydrogens is 1430 g/mol. The van der Waals surface area contributed by atoms with Crippen LogP contribution in [0.25, 0.3) is 0 Å². The van der Waals surface area contributed by atoms with Crippen LogP contribution in [0.2, 0.25) is 0 Å². The van der Waals surface area contributed by atoms with Crippen molar-refractivity contribution in [1.29, 1.82) is 0 Å². The fourth-order valence-corrected chi connectivity index (χ4v) is 22.3. The minimum atomic E-state index is -0.539. The van der Waals surface area contributed by atoms with Gasteiger partial charge in [-0.25, -0.2) is 26.3 Å². The van der Waals surface area contributed by atoms with Crippen LogP contribution in [0.5, 0.6) is 11.5 Å². The predicted octanol–water partition coefficient (Wildman–Crippen LogP) is 23.4. The zero-order chi connectivity index (χ0) is 73.4. The molecule has 526 valence electrons. The number of benzene rings is 14. The van der Waals surface area contributed by atoms with E-state index in [2.05, 4.69) is 152 Å². The molecular formula is C92H73F6O3S5+5. The summed E-state index contributed by atoms with van der Waals surface area (Å²) in [4.78, 5) is 15.9. The third-order valence-electron chi connectivity index (χ3n) is 16.5. The molecule has 0 spiro atoms. The van der Waals surface area contributed by atoms with Crippen molar-refractivity contribution < 1.29 is 40.9 Å². The van der Waals surface area contributed by atoms with Gasteiger partial charge in [-0.3, -0.25) is 0 Å². The number of rotatable bonds is 15. The van der Waals surface area contributed by atoms with Gasteiger partial charge in [0.1, 0.15) is 40.7 Å². The number of methoxy groups -OCH3 is 1. The molecule has 0 saturated heterocycles. The van der Waals surface area contributed by atoms with E-state index in [-0.39, 0.29) is 91.2 Å². The van der Waals surface area contributed by atoms with Gasteiger partial charge in [0.2, 0.25) is 4.90 Å². The number of aliphatic hydroxyl groups is 1. The van der Waals surface area contributed by atoms with Crippen LogP contribution in [-0.4, -0.2) is 23.6 Å². The molecule has 1 N–H and O–H groups in total. The number of hydrogen-bond acceptors (Lipinski definition) is 3. The summed E-state index contributed by atoms with van der Waals surface area (Å²) < 4.78 is 90.4. The Hall–Kier alpha value is -10.6. The van der Waals surface area contributed by atoms with E-state index in [0.29, 0.717) is 5.25 Å². The number of halogens is 6. The van der Waals surface area contributed by atoms with Gasteiger partial charge in [-0.2, -0.15) is 0 Å². The van der Waals surface area contributed by atoms with Gasteiger partial charge in [0.05, 0.1) is 68.2 Å². The fourth-order valence-electron chi connectivity index (χ4n) is 11.5. The first-order chi connectivity index (χ1) is 52.0. The Bertz CT molecular complexity index is 4810. The van der Waals surface area contributed by atoms with E-state index in [1.165, 1.54) is 107 Å². The van der Waals surface area contributed by atoms with Crippen molar-refractivity contribution in [2.24, 2.45) is 0 Å². The first kappa shape index (κ1) is 75.1. The summed E-state index contributed by atoms with van der Waals surface area (Å²) in [5.41, 5.74) is 0.949. The van der Waals surface area contributed by atoms with E-state index in [1.54, 1.807) is 67.8 Å². The lowest BCUT2D eigenvalue weighted by Crippen LogP contribution is -2.40. The lowest BCUT2D eigenvalue weighted by atomic mass is 10.1. The molecule has 0 fully saturated rings. The van der Waals surface area contributed by atoms with Gasteiger partial charge in [-0.1, -0.05) is 127 Å². The lowest BCUT2D eigenvalue weighted by Gasteiger charge is -2.30.